The number of carboxylic acid groups (broad SMARTS) is 1. The summed E-state index contributed by atoms with van der Waals surface area (Å²) < 4.78 is 6.05. The molecule has 4 aromatic rings. The molecule has 0 spiro atoms. The number of thiophene rings is 2. The summed E-state index contributed by atoms with van der Waals surface area (Å²) in [6, 6.07) is 26.8. The molecule has 9 heteroatoms. The normalized spacial score (nSPS) is 16.4. The number of piperidine rings is 1. The molecular formula is C39H44N3O4S2. The van der Waals surface area contributed by atoms with Gasteiger partial charge < -0.3 is 14.7 Å². The zero-order chi connectivity index (χ0) is 34.5. The number of unbranched alkanes of at least 4 members (excludes halogenated alkanes) is 3. The van der Waals surface area contributed by atoms with Crippen molar-refractivity contribution in [3.05, 3.63) is 83.2 Å². The Hall–Kier alpha value is -3.94. The van der Waals surface area contributed by atoms with Gasteiger partial charge in [0.1, 0.15) is 17.4 Å². The number of rotatable bonds is 13. The average molecular weight is 683 g/mol. The number of nitriles is 1. The maximum absolute atomic E-state index is 13.3. The van der Waals surface area contributed by atoms with Gasteiger partial charge in [-0.15, -0.1) is 32.9 Å². The van der Waals surface area contributed by atoms with E-state index in [2.05, 4.69) is 72.5 Å². The minimum absolute atomic E-state index is 0.116. The highest BCUT2D eigenvalue weighted by molar-refractivity contribution is 7.24. The van der Waals surface area contributed by atoms with E-state index in [-0.39, 0.29) is 11.6 Å². The van der Waals surface area contributed by atoms with Crippen LogP contribution in [0.2, 0.25) is 0 Å². The molecule has 3 heterocycles. The summed E-state index contributed by atoms with van der Waals surface area (Å²) in [4.78, 5) is 17.6. The molecule has 1 fully saturated rings. The number of benzene rings is 2. The first-order valence-electron chi connectivity index (χ1n) is 16.6. The summed E-state index contributed by atoms with van der Waals surface area (Å²) in [7, 11) is 0. The Labute approximate surface area is 292 Å². The van der Waals surface area contributed by atoms with Crippen molar-refractivity contribution in [2.24, 2.45) is 0 Å². The fraction of sp³-hybridized carbons (Fsp3) is 0.385. The van der Waals surface area contributed by atoms with Crippen molar-refractivity contribution in [1.82, 2.24) is 5.06 Å². The SMILES string of the molecule is CCCCCCOc1ccc(N(c2ccc(-c3ccc(-c4ccc(/C=C(/C#N)C(=O)O)s4)s3)cc2)C2CC(C)(C)N([O])C(C)(C)C2)cc1. The van der Waals surface area contributed by atoms with Crippen molar-refractivity contribution in [3.8, 4) is 32.0 Å². The quantitative estimate of drug-likeness (QED) is 0.0856. The number of hydrogen-bond donors (Lipinski definition) is 1. The fourth-order valence-electron chi connectivity index (χ4n) is 6.64. The topological polar surface area (TPSA) is 96.7 Å². The van der Waals surface area contributed by atoms with Crippen LogP contribution < -0.4 is 9.64 Å². The number of hydrogen-bond acceptors (Lipinski definition) is 7. The summed E-state index contributed by atoms with van der Waals surface area (Å²) in [6.45, 7) is 11.1. The zero-order valence-corrected chi connectivity index (χ0v) is 30.0. The van der Waals surface area contributed by atoms with Gasteiger partial charge in [-0.05, 0) is 119 Å². The molecule has 1 N–H and O–H groups in total. The van der Waals surface area contributed by atoms with Crippen LogP contribution in [-0.4, -0.2) is 39.9 Å². The molecule has 1 aliphatic rings. The van der Waals surface area contributed by atoms with Crippen LogP contribution in [0.25, 0.3) is 26.3 Å². The van der Waals surface area contributed by atoms with Crippen molar-refractivity contribution >= 4 is 46.1 Å². The molecule has 7 nitrogen and oxygen atoms in total. The van der Waals surface area contributed by atoms with E-state index < -0.39 is 17.0 Å². The Morgan fingerprint density at radius 3 is 2.08 bits per heavy atom. The predicted molar refractivity (Wildman–Crippen MR) is 196 cm³/mol. The van der Waals surface area contributed by atoms with Crippen molar-refractivity contribution in [1.29, 1.82) is 5.26 Å². The van der Waals surface area contributed by atoms with E-state index >= 15 is 0 Å². The van der Waals surface area contributed by atoms with E-state index in [4.69, 9.17) is 10.00 Å². The van der Waals surface area contributed by atoms with Crippen molar-refractivity contribution in [2.45, 2.75) is 90.3 Å². The Morgan fingerprint density at radius 1 is 0.896 bits per heavy atom. The van der Waals surface area contributed by atoms with Crippen LogP contribution in [0.1, 0.15) is 78.0 Å². The van der Waals surface area contributed by atoms with Crippen LogP contribution in [0.5, 0.6) is 5.75 Å². The molecular weight excluding hydrogens is 639 g/mol. The largest absolute Gasteiger partial charge is 0.494 e. The molecule has 48 heavy (non-hydrogen) atoms. The summed E-state index contributed by atoms with van der Waals surface area (Å²) in [6.07, 6.45) is 7.54. The minimum atomic E-state index is -1.23. The highest BCUT2D eigenvalue weighted by atomic mass is 32.1. The Balaban J connectivity index is 1.40. The number of hydroxylamine groups is 2. The Bertz CT molecular complexity index is 1750. The highest BCUT2D eigenvalue weighted by Crippen LogP contribution is 2.44. The number of anilines is 2. The maximum atomic E-state index is 13.3. The molecule has 0 unspecified atom stereocenters. The first kappa shape index (κ1) is 35.4. The van der Waals surface area contributed by atoms with Gasteiger partial charge in [-0.1, -0.05) is 38.3 Å². The van der Waals surface area contributed by atoms with Crippen LogP contribution in [0.3, 0.4) is 0 Å². The van der Waals surface area contributed by atoms with Gasteiger partial charge in [0.25, 0.3) is 0 Å². The average Bonchev–Trinajstić information content (AvgIpc) is 3.73. The molecule has 0 bridgehead atoms. The molecule has 1 radical (unpaired) electrons. The van der Waals surface area contributed by atoms with Gasteiger partial charge in [0.2, 0.25) is 0 Å². The molecule has 1 aliphatic heterocycles. The Morgan fingerprint density at radius 2 is 1.48 bits per heavy atom. The lowest BCUT2D eigenvalue weighted by atomic mass is 9.78. The van der Waals surface area contributed by atoms with Crippen molar-refractivity contribution in [3.63, 3.8) is 0 Å². The van der Waals surface area contributed by atoms with E-state index in [1.54, 1.807) is 17.4 Å². The van der Waals surface area contributed by atoms with E-state index in [1.807, 2.05) is 39.8 Å². The lowest BCUT2D eigenvalue weighted by Crippen LogP contribution is -2.62. The lowest BCUT2D eigenvalue weighted by molar-refractivity contribution is -0.288. The minimum Gasteiger partial charge on any atom is -0.494 e. The van der Waals surface area contributed by atoms with E-state index in [1.165, 1.54) is 41.7 Å². The molecule has 1 saturated heterocycles. The Kier molecular flexibility index (Phi) is 11.1. The third kappa shape index (κ3) is 8.19. The lowest BCUT2D eigenvalue weighted by Gasteiger charge is -2.52. The molecule has 251 valence electrons. The van der Waals surface area contributed by atoms with Crippen LogP contribution in [0.4, 0.5) is 11.4 Å². The zero-order valence-electron chi connectivity index (χ0n) is 28.4. The molecule has 2 aromatic carbocycles. The molecule has 0 aliphatic carbocycles. The second-order valence-electron chi connectivity index (χ2n) is 13.6. The molecule has 0 amide bonds. The number of aliphatic carboxylic acids is 1. The number of nitrogens with zero attached hydrogens (tertiary/aromatic N) is 3. The van der Waals surface area contributed by atoms with Gasteiger partial charge in [0.05, 0.1) is 6.61 Å². The summed E-state index contributed by atoms with van der Waals surface area (Å²) in [5.74, 6) is -0.356. The first-order valence-corrected chi connectivity index (χ1v) is 18.2. The monoisotopic (exact) mass is 682 g/mol. The van der Waals surface area contributed by atoms with Crippen LogP contribution in [-0.2, 0) is 10.0 Å². The standard InChI is InChI=1S/C39H44N3O4S2/c1-6-7-8-9-22-46-32-16-14-30(15-17-32)41(31-24-38(2,3)42(45)39(4,5)25-31)29-12-10-27(11-13-29)34-20-21-36(48-34)35-19-18-33(47-35)23-28(26-40)37(43)44/h10-21,23,31H,6-9,22,24-25H2,1-5H3,(H,43,44)/b28-23-. The summed E-state index contributed by atoms with van der Waals surface area (Å²) in [5, 5.41) is 32.8. The fourth-order valence-corrected chi connectivity index (χ4v) is 8.70. The first-order chi connectivity index (χ1) is 22.9. The van der Waals surface area contributed by atoms with Gasteiger partial charge in [0, 0.05) is 48.0 Å². The number of ether oxygens (including phenoxy) is 1. The van der Waals surface area contributed by atoms with Crippen LogP contribution in [0.15, 0.2) is 78.4 Å². The second kappa shape index (κ2) is 15.1. The molecule has 2 aromatic heterocycles. The molecule has 0 saturated carbocycles. The molecule has 5 rings (SSSR count). The highest BCUT2D eigenvalue weighted by Gasteiger charge is 2.48. The van der Waals surface area contributed by atoms with Crippen LogP contribution >= 0.6 is 22.7 Å². The van der Waals surface area contributed by atoms with Crippen molar-refractivity contribution in [2.75, 3.05) is 11.5 Å². The summed E-state index contributed by atoms with van der Waals surface area (Å²) >= 11 is 3.14. The maximum Gasteiger partial charge on any atom is 0.346 e. The summed E-state index contributed by atoms with van der Waals surface area (Å²) in [5.41, 5.74) is 1.94. The van der Waals surface area contributed by atoms with Gasteiger partial charge in [-0.25, -0.2) is 4.79 Å². The van der Waals surface area contributed by atoms with Crippen molar-refractivity contribution < 1.29 is 19.8 Å². The predicted octanol–water partition coefficient (Wildman–Crippen LogP) is 10.6. The van der Waals surface area contributed by atoms with E-state index in [0.717, 1.165) is 68.1 Å². The third-order valence-corrected chi connectivity index (χ3v) is 11.2. The number of carboxylic acids is 1. The van der Waals surface area contributed by atoms with Gasteiger partial charge >= 0.3 is 5.97 Å². The third-order valence-electron chi connectivity index (χ3n) is 8.86. The van der Waals surface area contributed by atoms with E-state index in [0.29, 0.717) is 0 Å². The van der Waals surface area contributed by atoms with E-state index in [9.17, 15) is 15.1 Å². The van der Waals surface area contributed by atoms with Gasteiger partial charge in [-0.2, -0.15) is 5.26 Å². The van der Waals surface area contributed by atoms with Crippen LogP contribution in [0, 0.1) is 11.3 Å². The second-order valence-corrected chi connectivity index (χ2v) is 15.8. The van der Waals surface area contributed by atoms with Gasteiger partial charge in [0.15, 0.2) is 0 Å². The molecule has 0 atom stereocenters. The smallest absolute Gasteiger partial charge is 0.346 e. The number of carbonyl (C=O) groups is 1. The van der Waals surface area contributed by atoms with Gasteiger partial charge in [-0.3, -0.25) is 0 Å².